The zero-order chi connectivity index (χ0) is 26.2. The number of carbonyl (C=O) groups is 3. The molecule has 0 saturated heterocycles. The Morgan fingerprint density at radius 3 is 1.55 bits per heavy atom. The zero-order valence-electron chi connectivity index (χ0n) is 19.8. The number of hydrogen-bond acceptors (Lipinski definition) is 6. The van der Waals surface area contributed by atoms with E-state index in [0.717, 1.165) is 16.0 Å². The molecule has 0 atom stereocenters. The smallest absolute Gasteiger partial charge is 0.335 e. The molecule has 0 aliphatic carbocycles. The summed E-state index contributed by atoms with van der Waals surface area (Å²) in [6, 6.07) is 29.9. The van der Waals surface area contributed by atoms with E-state index in [0.29, 0.717) is 28.7 Å². The van der Waals surface area contributed by atoms with Crippen LogP contribution in [0.15, 0.2) is 103 Å². The lowest BCUT2D eigenvalue weighted by molar-refractivity contribution is 0.0696. The molecule has 38 heavy (non-hydrogen) atoms. The van der Waals surface area contributed by atoms with Crippen molar-refractivity contribution in [2.24, 2.45) is 0 Å². The molecule has 1 aromatic heterocycles. The number of benzene rings is 4. The number of hydrogen-bond donors (Lipinski definition) is 1. The molecule has 6 rings (SSSR count). The minimum Gasteiger partial charge on any atom is -0.478 e. The van der Waals surface area contributed by atoms with Gasteiger partial charge in [0.2, 0.25) is 0 Å². The summed E-state index contributed by atoms with van der Waals surface area (Å²) in [7, 11) is 0. The lowest BCUT2D eigenvalue weighted by Gasteiger charge is -2.14. The third kappa shape index (κ3) is 4.00. The van der Waals surface area contributed by atoms with Crippen LogP contribution in [0, 0.1) is 0 Å². The van der Waals surface area contributed by atoms with Crippen LogP contribution in [0.1, 0.15) is 31.1 Å². The standard InChI is InChI=1S/C30H18N4O4/c35-28-23-16-13-21(30(37)38)17-24(23)29(36)34(28)22-14-11-20(12-15-22)27-32-25(18-7-3-1-4-8-18)31-26(33-27)19-9-5-2-6-10-19/h1-17H,(H,37,38). The van der Waals surface area contributed by atoms with Gasteiger partial charge in [-0.2, -0.15) is 0 Å². The van der Waals surface area contributed by atoms with Gasteiger partial charge >= 0.3 is 5.97 Å². The number of rotatable bonds is 5. The van der Waals surface area contributed by atoms with E-state index in [1.807, 2.05) is 60.7 Å². The first-order valence-corrected chi connectivity index (χ1v) is 11.7. The van der Waals surface area contributed by atoms with Crippen LogP contribution in [-0.4, -0.2) is 37.8 Å². The molecule has 2 amide bonds. The Morgan fingerprint density at radius 1 is 0.579 bits per heavy atom. The second-order valence-corrected chi connectivity index (χ2v) is 8.60. The average Bonchev–Trinajstić information content (AvgIpc) is 3.22. The van der Waals surface area contributed by atoms with Crippen LogP contribution in [0.3, 0.4) is 0 Å². The van der Waals surface area contributed by atoms with Gasteiger partial charge in [0.25, 0.3) is 11.8 Å². The summed E-state index contributed by atoms with van der Waals surface area (Å²) >= 11 is 0. The number of imide groups is 1. The van der Waals surface area contributed by atoms with Gasteiger partial charge in [0, 0.05) is 16.7 Å². The summed E-state index contributed by atoms with van der Waals surface area (Å²) in [4.78, 5) is 52.4. The summed E-state index contributed by atoms with van der Waals surface area (Å²) in [5, 5.41) is 9.25. The number of nitrogens with zero attached hydrogens (tertiary/aromatic N) is 4. The molecule has 5 aromatic rings. The highest BCUT2D eigenvalue weighted by molar-refractivity contribution is 6.34. The van der Waals surface area contributed by atoms with Crippen molar-refractivity contribution in [2.45, 2.75) is 0 Å². The molecule has 0 fully saturated rings. The van der Waals surface area contributed by atoms with Crippen LogP contribution in [0.4, 0.5) is 5.69 Å². The molecule has 4 aromatic carbocycles. The van der Waals surface area contributed by atoms with E-state index < -0.39 is 17.8 Å². The molecule has 0 unspecified atom stereocenters. The fraction of sp³-hybridized carbons (Fsp3) is 0. The number of aromatic nitrogens is 3. The summed E-state index contributed by atoms with van der Waals surface area (Å²) in [6.07, 6.45) is 0. The number of amides is 2. The average molecular weight is 498 g/mol. The number of fused-ring (bicyclic) bond motifs is 1. The third-order valence-corrected chi connectivity index (χ3v) is 6.22. The van der Waals surface area contributed by atoms with E-state index in [-0.39, 0.29) is 16.7 Å². The number of carbonyl (C=O) groups excluding carboxylic acids is 2. The highest BCUT2D eigenvalue weighted by Crippen LogP contribution is 2.31. The first-order valence-electron chi connectivity index (χ1n) is 11.7. The Kier molecular flexibility index (Phi) is 5.54. The molecule has 1 aliphatic heterocycles. The molecule has 1 N–H and O–H groups in total. The van der Waals surface area contributed by atoms with Gasteiger partial charge in [-0.25, -0.2) is 24.6 Å². The maximum absolute atomic E-state index is 13.0. The molecule has 1 aliphatic rings. The second-order valence-electron chi connectivity index (χ2n) is 8.60. The van der Waals surface area contributed by atoms with Crippen molar-refractivity contribution in [1.82, 2.24) is 15.0 Å². The Morgan fingerprint density at radius 2 is 1.05 bits per heavy atom. The van der Waals surface area contributed by atoms with Crippen molar-refractivity contribution < 1.29 is 19.5 Å². The Labute approximate surface area is 216 Å². The van der Waals surface area contributed by atoms with Crippen LogP contribution in [-0.2, 0) is 0 Å². The molecule has 8 nitrogen and oxygen atoms in total. The van der Waals surface area contributed by atoms with Gasteiger partial charge in [-0.05, 0) is 42.5 Å². The molecule has 2 heterocycles. The molecule has 0 spiro atoms. The highest BCUT2D eigenvalue weighted by atomic mass is 16.4. The maximum atomic E-state index is 13.0. The number of aromatic carboxylic acids is 1. The van der Waals surface area contributed by atoms with Crippen LogP contribution in [0.5, 0.6) is 0 Å². The Hall–Kier alpha value is -5.50. The molecule has 0 radical (unpaired) electrons. The second kappa shape index (κ2) is 9.18. The maximum Gasteiger partial charge on any atom is 0.335 e. The normalized spacial score (nSPS) is 12.5. The molecular weight excluding hydrogens is 480 g/mol. The Bertz CT molecular complexity index is 1660. The molecular formula is C30H18N4O4. The molecule has 0 saturated carbocycles. The minimum absolute atomic E-state index is 0.0552. The van der Waals surface area contributed by atoms with Crippen molar-refractivity contribution in [2.75, 3.05) is 4.90 Å². The van der Waals surface area contributed by atoms with Crippen LogP contribution < -0.4 is 4.90 Å². The third-order valence-electron chi connectivity index (χ3n) is 6.22. The minimum atomic E-state index is -1.17. The van der Waals surface area contributed by atoms with Gasteiger partial charge in [0.1, 0.15) is 0 Å². The van der Waals surface area contributed by atoms with E-state index in [1.165, 1.54) is 18.2 Å². The van der Waals surface area contributed by atoms with E-state index in [4.69, 9.17) is 0 Å². The van der Waals surface area contributed by atoms with Crippen LogP contribution in [0.2, 0.25) is 0 Å². The molecule has 182 valence electrons. The van der Waals surface area contributed by atoms with Crippen molar-refractivity contribution in [3.05, 3.63) is 120 Å². The lowest BCUT2D eigenvalue weighted by Crippen LogP contribution is -2.29. The fourth-order valence-corrected chi connectivity index (χ4v) is 4.31. The number of anilines is 1. The van der Waals surface area contributed by atoms with Gasteiger partial charge in [0.15, 0.2) is 17.5 Å². The molecule has 8 heteroatoms. The SMILES string of the molecule is O=C(O)c1ccc2c(c1)C(=O)N(c1ccc(-c3nc(-c4ccccc4)nc(-c4ccccc4)n3)cc1)C2=O. The lowest BCUT2D eigenvalue weighted by atomic mass is 10.1. The summed E-state index contributed by atoms with van der Waals surface area (Å²) in [5.41, 5.74) is 2.90. The van der Waals surface area contributed by atoms with Crippen LogP contribution in [0.25, 0.3) is 34.2 Å². The van der Waals surface area contributed by atoms with Gasteiger partial charge in [-0.3, -0.25) is 9.59 Å². The fourth-order valence-electron chi connectivity index (χ4n) is 4.31. The zero-order valence-corrected chi connectivity index (χ0v) is 19.8. The number of carboxylic acid groups (broad SMARTS) is 1. The van der Waals surface area contributed by atoms with E-state index in [2.05, 4.69) is 15.0 Å². The quantitative estimate of drug-likeness (QED) is 0.324. The molecule has 0 bridgehead atoms. The van der Waals surface area contributed by atoms with E-state index in [1.54, 1.807) is 24.3 Å². The summed E-state index contributed by atoms with van der Waals surface area (Å²) in [6.45, 7) is 0. The van der Waals surface area contributed by atoms with Gasteiger partial charge < -0.3 is 5.11 Å². The topological polar surface area (TPSA) is 113 Å². The van der Waals surface area contributed by atoms with Gasteiger partial charge in [-0.15, -0.1) is 0 Å². The first-order chi connectivity index (χ1) is 18.5. The van der Waals surface area contributed by atoms with Crippen molar-refractivity contribution in [3.63, 3.8) is 0 Å². The largest absolute Gasteiger partial charge is 0.478 e. The van der Waals surface area contributed by atoms with Crippen molar-refractivity contribution >= 4 is 23.5 Å². The van der Waals surface area contributed by atoms with Crippen molar-refractivity contribution in [1.29, 1.82) is 0 Å². The monoisotopic (exact) mass is 498 g/mol. The predicted molar refractivity (Wildman–Crippen MR) is 141 cm³/mol. The van der Waals surface area contributed by atoms with Crippen molar-refractivity contribution in [3.8, 4) is 34.2 Å². The van der Waals surface area contributed by atoms with E-state index in [9.17, 15) is 19.5 Å². The summed E-state index contributed by atoms with van der Waals surface area (Å²) < 4.78 is 0. The van der Waals surface area contributed by atoms with Gasteiger partial charge in [0.05, 0.1) is 22.4 Å². The van der Waals surface area contributed by atoms with Gasteiger partial charge in [-0.1, -0.05) is 60.7 Å². The number of carboxylic acids is 1. The highest BCUT2D eigenvalue weighted by Gasteiger charge is 2.37. The first kappa shape index (κ1) is 22.9. The summed E-state index contributed by atoms with van der Waals surface area (Å²) in [5.74, 6) is -0.761. The Balaban J connectivity index is 1.38. The predicted octanol–water partition coefficient (Wildman–Crippen LogP) is 5.37. The van der Waals surface area contributed by atoms with E-state index >= 15 is 0 Å². The van der Waals surface area contributed by atoms with Crippen LogP contribution >= 0.6 is 0 Å².